The number of carbonyl (C=O) groups excluding carboxylic acids is 3. The maximum absolute atomic E-state index is 12.1. The van der Waals surface area contributed by atoms with Crippen LogP contribution in [0.3, 0.4) is 0 Å². The van der Waals surface area contributed by atoms with Gasteiger partial charge < -0.3 is 10.1 Å². The Morgan fingerprint density at radius 1 is 1.31 bits per heavy atom. The Morgan fingerprint density at radius 2 is 2.04 bits per heavy atom. The highest BCUT2D eigenvalue weighted by molar-refractivity contribution is 8.14. The second-order valence-electron chi connectivity index (χ2n) is 5.33. The number of nitrogens with zero attached hydrogens (tertiary/aromatic N) is 2. The first-order valence-electron chi connectivity index (χ1n) is 7.89. The highest BCUT2D eigenvalue weighted by Crippen LogP contribution is 2.21. The minimum atomic E-state index is -0.853. The van der Waals surface area contributed by atoms with Crippen molar-refractivity contribution in [3.8, 4) is 0 Å². The van der Waals surface area contributed by atoms with E-state index < -0.39 is 17.9 Å². The lowest BCUT2D eigenvalue weighted by Gasteiger charge is -2.19. The molecule has 7 nitrogen and oxygen atoms in total. The first-order valence-corrected chi connectivity index (χ1v) is 9.26. The number of benzene rings is 1. The zero-order valence-corrected chi connectivity index (χ0v) is 15.9. The molecule has 3 amide bonds. The van der Waals surface area contributed by atoms with Crippen molar-refractivity contribution >= 4 is 52.0 Å². The number of hydrogen-bond acceptors (Lipinski definition) is 5. The molecule has 1 unspecified atom stereocenters. The Hall–Kier alpha value is -2.19. The average Bonchev–Trinajstić information content (AvgIpc) is 2.58. The Kier molecular flexibility index (Phi) is 7.35. The molecule has 0 saturated carbocycles. The van der Waals surface area contributed by atoms with E-state index in [-0.39, 0.29) is 29.9 Å². The fraction of sp³-hybridized carbons (Fsp3) is 0.353. The normalized spacial score (nSPS) is 16.6. The number of urea groups is 1. The lowest BCUT2D eigenvalue weighted by atomic mass is 10.1. The number of nitrogens with one attached hydrogen (secondary N) is 1. The molecule has 1 N–H and O–H groups in total. The number of halogens is 1. The molecule has 1 aromatic rings. The molecule has 0 aliphatic carbocycles. The molecule has 138 valence electrons. The number of hydrogen-bond donors (Lipinski definition) is 1. The van der Waals surface area contributed by atoms with Crippen LogP contribution in [0.1, 0.15) is 19.4 Å². The summed E-state index contributed by atoms with van der Waals surface area (Å²) in [5.74, 6) is -1.66. The number of esters is 1. The van der Waals surface area contributed by atoms with Gasteiger partial charge in [-0.2, -0.15) is 9.98 Å². The largest absolute Gasteiger partial charge is 0.465 e. The number of carbonyl (C=O) groups is 3. The monoisotopic (exact) mass is 395 g/mol. The first-order chi connectivity index (χ1) is 12.4. The summed E-state index contributed by atoms with van der Waals surface area (Å²) in [5, 5.41) is 3.52. The molecule has 1 aliphatic rings. The van der Waals surface area contributed by atoms with Crippen molar-refractivity contribution in [3.05, 3.63) is 34.9 Å². The van der Waals surface area contributed by atoms with Gasteiger partial charge in [0, 0.05) is 17.3 Å². The Balaban J connectivity index is 1.95. The smallest absolute Gasteiger partial charge is 0.367 e. The minimum absolute atomic E-state index is 0.000247. The van der Waals surface area contributed by atoms with E-state index in [1.54, 1.807) is 26.0 Å². The predicted octanol–water partition coefficient (Wildman–Crippen LogP) is 2.86. The van der Waals surface area contributed by atoms with E-state index >= 15 is 0 Å². The number of aliphatic imine (C=N–C) groups is 2. The van der Waals surface area contributed by atoms with Gasteiger partial charge in [-0.1, -0.05) is 41.6 Å². The van der Waals surface area contributed by atoms with E-state index in [0.717, 1.165) is 17.3 Å². The van der Waals surface area contributed by atoms with Crippen molar-refractivity contribution < 1.29 is 19.1 Å². The molecule has 0 aromatic heterocycles. The lowest BCUT2D eigenvalue weighted by Crippen LogP contribution is -2.35. The zero-order valence-electron chi connectivity index (χ0n) is 14.3. The highest BCUT2D eigenvalue weighted by Gasteiger charge is 2.33. The van der Waals surface area contributed by atoms with Crippen molar-refractivity contribution in [2.75, 3.05) is 12.4 Å². The van der Waals surface area contributed by atoms with Gasteiger partial charge in [-0.15, -0.1) is 0 Å². The van der Waals surface area contributed by atoms with Crippen molar-refractivity contribution in [3.63, 3.8) is 0 Å². The maximum atomic E-state index is 12.1. The van der Waals surface area contributed by atoms with Crippen molar-refractivity contribution in [1.29, 1.82) is 0 Å². The van der Waals surface area contributed by atoms with Crippen LogP contribution in [-0.2, 0) is 20.9 Å². The van der Waals surface area contributed by atoms with Gasteiger partial charge in [-0.25, -0.2) is 4.79 Å². The fourth-order valence-electron chi connectivity index (χ4n) is 2.22. The van der Waals surface area contributed by atoms with Crippen LogP contribution >= 0.6 is 23.4 Å². The van der Waals surface area contributed by atoms with E-state index in [0.29, 0.717) is 10.7 Å². The third-order valence-corrected chi connectivity index (χ3v) is 4.85. The summed E-state index contributed by atoms with van der Waals surface area (Å²) in [6, 6.07) is 6.50. The van der Waals surface area contributed by atoms with Crippen LogP contribution in [0.25, 0.3) is 0 Å². The topological polar surface area (TPSA) is 97.2 Å². The molecular formula is C17H18ClN3O4S. The molecule has 0 radical (unpaired) electrons. The number of thioether (sulfide) groups is 1. The number of rotatable bonds is 6. The molecule has 1 aliphatic heterocycles. The average molecular weight is 396 g/mol. The molecule has 9 heteroatoms. The second-order valence-corrected chi connectivity index (χ2v) is 6.73. The summed E-state index contributed by atoms with van der Waals surface area (Å²) in [4.78, 5) is 43.2. The third kappa shape index (κ3) is 5.40. The quantitative estimate of drug-likeness (QED) is 0.747. The van der Waals surface area contributed by atoms with Crippen molar-refractivity contribution in [2.24, 2.45) is 15.9 Å². The summed E-state index contributed by atoms with van der Waals surface area (Å²) < 4.78 is 5.00. The van der Waals surface area contributed by atoms with Gasteiger partial charge in [0.15, 0.2) is 0 Å². The van der Waals surface area contributed by atoms with Gasteiger partial charge in [-0.3, -0.25) is 9.59 Å². The Morgan fingerprint density at radius 3 is 2.73 bits per heavy atom. The van der Waals surface area contributed by atoms with E-state index in [9.17, 15) is 14.4 Å². The molecular weight excluding hydrogens is 378 g/mol. The second kappa shape index (κ2) is 9.49. The van der Waals surface area contributed by atoms with Gasteiger partial charge >= 0.3 is 12.0 Å². The zero-order chi connectivity index (χ0) is 19.1. The van der Waals surface area contributed by atoms with E-state index in [4.69, 9.17) is 16.3 Å². The molecule has 1 atom stereocenters. The fourth-order valence-corrected chi connectivity index (χ4v) is 3.38. The molecule has 1 aromatic carbocycles. The van der Waals surface area contributed by atoms with E-state index in [1.807, 2.05) is 12.1 Å². The summed E-state index contributed by atoms with van der Waals surface area (Å²) in [6.45, 7) is 3.73. The predicted molar refractivity (Wildman–Crippen MR) is 102 cm³/mol. The Labute approximate surface area is 160 Å². The summed E-state index contributed by atoms with van der Waals surface area (Å²) in [7, 11) is 0. The maximum Gasteiger partial charge on any atom is 0.367 e. The molecule has 0 spiro atoms. The molecule has 0 saturated heterocycles. The van der Waals surface area contributed by atoms with Gasteiger partial charge in [0.2, 0.25) is 5.91 Å². The van der Waals surface area contributed by atoms with Gasteiger partial charge in [0.1, 0.15) is 5.92 Å². The van der Waals surface area contributed by atoms with Crippen LogP contribution in [-0.4, -0.2) is 41.0 Å². The SMILES string of the molecule is CCOC(=O)C1C(C)=NC(=O)N=C1SCC(=O)NCc1ccccc1Cl. The van der Waals surface area contributed by atoms with Gasteiger partial charge in [0.05, 0.1) is 17.4 Å². The van der Waals surface area contributed by atoms with E-state index in [2.05, 4.69) is 15.3 Å². The van der Waals surface area contributed by atoms with Gasteiger partial charge in [0.25, 0.3) is 0 Å². The third-order valence-electron chi connectivity index (χ3n) is 3.45. The van der Waals surface area contributed by atoms with Crippen LogP contribution in [0, 0.1) is 5.92 Å². The van der Waals surface area contributed by atoms with Gasteiger partial charge in [-0.05, 0) is 25.5 Å². The van der Waals surface area contributed by atoms with E-state index in [1.165, 1.54) is 0 Å². The molecule has 0 fully saturated rings. The van der Waals surface area contributed by atoms with Crippen LogP contribution < -0.4 is 5.32 Å². The summed E-state index contributed by atoms with van der Waals surface area (Å²) in [6.07, 6.45) is 0. The lowest BCUT2D eigenvalue weighted by molar-refractivity contribution is -0.143. The Bertz CT molecular complexity index is 779. The molecule has 1 heterocycles. The molecule has 26 heavy (non-hydrogen) atoms. The first kappa shape index (κ1) is 20.1. The summed E-state index contributed by atoms with van der Waals surface area (Å²) in [5.41, 5.74) is 1.10. The van der Waals surface area contributed by atoms with Crippen molar-refractivity contribution in [2.45, 2.75) is 20.4 Å². The molecule has 2 rings (SSSR count). The van der Waals surface area contributed by atoms with Crippen LogP contribution in [0.4, 0.5) is 4.79 Å². The van der Waals surface area contributed by atoms with Crippen LogP contribution in [0.15, 0.2) is 34.3 Å². The number of amides is 3. The van der Waals surface area contributed by atoms with Crippen LogP contribution in [0.2, 0.25) is 5.02 Å². The number of ether oxygens (including phenoxy) is 1. The van der Waals surface area contributed by atoms with Crippen LogP contribution in [0.5, 0.6) is 0 Å². The standard InChI is InChI=1S/C17H18ClN3O4S/c1-3-25-16(23)14-10(2)20-17(24)21-15(14)26-9-13(22)19-8-11-6-4-5-7-12(11)18/h4-7,14H,3,8-9H2,1-2H3,(H,19,22). The van der Waals surface area contributed by atoms with Crippen molar-refractivity contribution in [1.82, 2.24) is 5.32 Å². The minimum Gasteiger partial charge on any atom is -0.465 e. The molecule has 0 bridgehead atoms. The summed E-state index contributed by atoms with van der Waals surface area (Å²) >= 11 is 7.06. The highest BCUT2D eigenvalue weighted by atomic mass is 35.5.